The average Bonchev–Trinajstić information content (AvgIpc) is 3.17. The van der Waals surface area contributed by atoms with Crippen LogP contribution in [0.5, 0.6) is 0 Å². The molecule has 0 bridgehead atoms. The lowest BCUT2D eigenvalue weighted by Crippen LogP contribution is -2.36. The van der Waals surface area contributed by atoms with E-state index in [-0.39, 0.29) is 5.91 Å². The molecule has 1 aliphatic carbocycles. The van der Waals surface area contributed by atoms with Crippen molar-refractivity contribution in [2.24, 2.45) is 0 Å². The van der Waals surface area contributed by atoms with E-state index in [0.29, 0.717) is 18.4 Å². The molecule has 1 atom stereocenters. The van der Waals surface area contributed by atoms with Gasteiger partial charge < -0.3 is 10.6 Å². The van der Waals surface area contributed by atoms with Crippen molar-refractivity contribution in [3.05, 3.63) is 53.0 Å². The third-order valence-electron chi connectivity index (χ3n) is 5.79. The normalized spacial score (nSPS) is 19.3. The number of nitrogens with two attached hydrogens (primary N) is 1. The molecule has 27 heavy (non-hydrogen) atoms. The topological polar surface area (TPSA) is 75.4 Å². The molecule has 0 radical (unpaired) electrons. The first kappa shape index (κ1) is 17.9. The predicted molar refractivity (Wildman–Crippen MR) is 105 cm³/mol. The number of hydrogen-bond acceptors (Lipinski definition) is 5. The Morgan fingerprint density at radius 1 is 1.26 bits per heavy atom. The highest BCUT2D eigenvalue weighted by Gasteiger charge is 2.30. The molecule has 1 aromatic carbocycles. The first-order valence-corrected chi connectivity index (χ1v) is 9.79. The Balaban J connectivity index is 1.39. The number of fused-ring (bicyclic) bond motifs is 1. The van der Waals surface area contributed by atoms with Crippen LogP contribution in [0.3, 0.4) is 0 Å². The molecule has 0 saturated carbocycles. The monoisotopic (exact) mass is 365 g/mol. The summed E-state index contributed by atoms with van der Waals surface area (Å²) in [7, 11) is 2.06. The van der Waals surface area contributed by atoms with Crippen LogP contribution < -0.4 is 5.73 Å². The molecule has 4 rings (SSSR count). The molecular weight excluding hydrogens is 338 g/mol. The second kappa shape index (κ2) is 7.64. The molecule has 1 aromatic heterocycles. The standard InChI is InChI=1S/C21H27N5O/c1-25(14-20-23-10-8-19(22)24-20)18-9-11-26(13-18)21(27)17-7-6-15-4-2-3-5-16(15)12-17/h6-8,10,12,18H,2-5,9,11,13-14H2,1H3,(H2,22,23,24)/t18-/m1/s1. The fourth-order valence-electron chi connectivity index (χ4n) is 4.18. The maximum atomic E-state index is 13.0. The van der Waals surface area contributed by atoms with Gasteiger partial charge >= 0.3 is 0 Å². The fraction of sp³-hybridized carbons (Fsp3) is 0.476. The molecular formula is C21H27N5O. The van der Waals surface area contributed by atoms with Crippen LogP contribution >= 0.6 is 0 Å². The molecule has 1 saturated heterocycles. The summed E-state index contributed by atoms with van der Waals surface area (Å²) in [6.45, 7) is 2.17. The van der Waals surface area contributed by atoms with Gasteiger partial charge in [-0.2, -0.15) is 0 Å². The maximum Gasteiger partial charge on any atom is 0.253 e. The Morgan fingerprint density at radius 3 is 2.89 bits per heavy atom. The van der Waals surface area contributed by atoms with Gasteiger partial charge in [-0.3, -0.25) is 9.69 Å². The molecule has 1 fully saturated rings. The second-order valence-electron chi connectivity index (χ2n) is 7.70. The Kier molecular flexibility index (Phi) is 5.07. The molecule has 2 aliphatic rings. The van der Waals surface area contributed by atoms with Crippen LogP contribution in [0.25, 0.3) is 0 Å². The van der Waals surface area contributed by atoms with Crippen LogP contribution in [0, 0.1) is 0 Å². The van der Waals surface area contributed by atoms with Gasteiger partial charge in [0.2, 0.25) is 0 Å². The van der Waals surface area contributed by atoms with Crippen molar-refractivity contribution in [3.8, 4) is 0 Å². The summed E-state index contributed by atoms with van der Waals surface area (Å²) in [5.74, 6) is 1.36. The number of rotatable bonds is 4. The first-order chi connectivity index (χ1) is 13.1. The predicted octanol–water partition coefficient (Wildman–Crippen LogP) is 2.28. The van der Waals surface area contributed by atoms with E-state index in [1.807, 2.05) is 11.0 Å². The molecule has 0 unspecified atom stereocenters. The molecule has 2 N–H and O–H groups in total. The largest absolute Gasteiger partial charge is 0.384 e. The number of anilines is 1. The van der Waals surface area contributed by atoms with Gasteiger partial charge in [-0.05, 0) is 68.5 Å². The summed E-state index contributed by atoms with van der Waals surface area (Å²) in [6.07, 6.45) is 7.39. The van der Waals surface area contributed by atoms with E-state index in [1.165, 1.54) is 24.0 Å². The quantitative estimate of drug-likeness (QED) is 0.900. The number of aromatic nitrogens is 2. The maximum absolute atomic E-state index is 13.0. The SMILES string of the molecule is CN(Cc1nccc(N)n1)[C@@H]1CCN(C(=O)c2ccc3c(c2)CCCC3)C1. The van der Waals surface area contributed by atoms with Gasteiger partial charge in [0, 0.05) is 30.9 Å². The lowest BCUT2D eigenvalue weighted by molar-refractivity contribution is 0.0779. The zero-order valence-electron chi connectivity index (χ0n) is 15.9. The number of nitrogen functional groups attached to an aromatic ring is 1. The number of likely N-dealkylation sites (tertiary alicyclic amines) is 1. The summed E-state index contributed by atoms with van der Waals surface area (Å²) < 4.78 is 0. The summed E-state index contributed by atoms with van der Waals surface area (Å²) in [5, 5.41) is 0. The lowest BCUT2D eigenvalue weighted by Gasteiger charge is -2.24. The minimum absolute atomic E-state index is 0.152. The van der Waals surface area contributed by atoms with Crippen molar-refractivity contribution >= 4 is 11.7 Å². The summed E-state index contributed by atoms with van der Waals surface area (Å²) in [5.41, 5.74) is 9.35. The van der Waals surface area contributed by atoms with Crippen molar-refractivity contribution in [1.29, 1.82) is 0 Å². The van der Waals surface area contributed by atoms with Gasteiger partial charge in [0.05, 0.1) is 6.54 Å². The number of benzene rings is 1. The number of hydrogen-bond donors (Lipinski definition) is 1. The van der Waals surface area contributed by atoms with Crippen molar-refractivity contribution < 1.29 is 4.79 Å². The van der Waals surface area contributed by atoms with E-state index < -0.39 is 0 Å². The Morgan fingerprint density at radius 2 is 2.07 bits per heavy atom. The highest BCUT2D eigenvalue weighted by atomic mass is 16.2. The highest BCUT2D eigenvalue weighted by Crippen LogP contribution is 2.24. The van der Waals surface area contributed by atoms with Gasteiger partial charge in [0.1, 0.15) is 11.6 Å². The number of carbonyl (C=O) groups is 1. The average molecular weight is 365 g/mol. The van der Waals surface area contributed by atoms with Crippen molar-refractivity contribution in [3.63, 3.8) is 0 Å². The number of carbonyl (C=O) groups excluding carboxylic acids is 1. The third-order valence-corrected chi connectivity index (χ3v) is 5.79. The van der Waals surface area contributed by atoms with E-state index in [2.05, 4.69) is 34.0 Å². The summed E-state index contributed by atoms with van der Waals surface area (Å²) in [6, 6.07) is 8.28. The zero-order chi connectivity index (χ0) is 18.8. The van der Waals surface area contributed by atoms with Gasteiger partial charge in [-0.15, -0.1) is 0 Å². The van der Waals surface area contributed by atoms with E-state index >= 15 is 0 Å². The van der Waals surface area contributed by atoms with Crippen LogP contribution in [0.15, 0.2) is 30.5 Å². The molecule has 142 valence electrons. The minimum atomic E-state index is 0.152. The van der Waals surface area contributed by atoms with Crippen LogP contribution in [0.1, 0.15) is 46.6 Å². The zero-order valence-corrected chi connectivity index (χ0v) is 15.9. The highest BCUT2D eigenvalue weighted by molar-refractivity contribution is 5.94. The van der Waals surface area contributed by atoms with Gasteiger partial charge in [-0.1, -0.05) is 6.07 Å². The van der Waals surface area contributed by atoms with Gasteiger partial charge in [0.15, 0.2) is 0 Å². The summed E-state index contributed by atoms with van der Waals surface area (Å²) in [4.78, 5) is 25.7. The van der Waals surface area contributed by atoms with Gasteiger partial charge in [0.25, 0.3) is 5.91 Å². The van der Waals surface area contributed by atoms with E-state index in [1.54, 1.807) is 12.3 Å². The molecule has 2 aromatic rings. The Labute approximate surface area is 160 Å². The van der Waals surface area contributed by atoms with E-state index in [9.17, 15) is 4.79 Å². The number of amides is 1. The van der Waals surface area contributed by atoms with Crippen molar-refractivity contribution in [2.75, 3.05) is 25.9 Å². The van der Waals surface area contributed by atoms with Crippen LogP contribution in [0.2, 0.25) is 0 Å². The number of likely N-dealkylation sites (N-methyl/N-ethyl adjacent to an activating group) is 1. The van der Waals surface area contributed by atoms with Crippen molar-refractivity contribution in [2.45, 2.75) is 44.7 Å². The molecule has 1 aliphatic heterocycles. The number of aryl methyl sites for hydroxylation is 2. The van der Waals surface area contributed by atoms with Crippen molar-refractivity contribution in [1.82, 2.24) is 19.8 Å². The molecule has 0 spiro atoms. The summed E-state index contributed by atoms with van der Waals surface area (Å²) >= 11 is 0. The Hall–Kier alpha value is -2.47. The minimum Gasteiger partial charge on any atom is -0.384 e. The molecule has 6 nitrogen and oxygen atoms in total. The fourth-order valence-corrected chi connectivity index (χ4v) is 4.18. The Bertz CT molecular complexity index is 837. The second-order valence-corrected chi connectivity index (χ2v) is 7.70. The lowest BCUT2D eigenvalue weighted by atomic mass is 9.90. The molecule has 6 heteroatoms. The van der Waals surface area contributed by atoms with Crippen LogP contribution in [0.4, 0.5) is 5.82 Å². The van der Waals surface area contributed by atoms with Crippen LogP contribution in [-0.2, 0) is 19.4 Å². The smallest absolute Gasteiger partial charge is 0.253 e. The van der Waals surface area contributed by atoms with Gasteiger partial charge in [-0.25, -0.2) is 9.97 Å². The first-order valence-electron chi connectivity index (χ1n) is 9.79. The van der Waals surface area contributed by atoms with E-state index in [0.717, 1.165) is 43.7 Å². The third kappa shape index (κ3) is 3.95. The molecule has 2 heterocycles. The van der Waals surface area contributed by atoms with Crippen LogP contribution in [-0.4, -0.2) is 51.9 Å². The molecule has 1 amide bonds. The van der Waals surface area contributed by atoms with E-state index in [4.69, 9.17) is 5.73 Å². The number of nitrogens with zero attached hydrogens (tertiary/aromatic N) is 4.